The van der Waals surface area contributed by atoms with Crippen molar-refractivity contribution in [3.63, 3.8) is 0 Å². The molecule has 0 aromatic heterocycles. The third-order valence-corrected chi connectivity index (χ3v) is 7.55. The van der Waals surface area contributed by atoms with Gasteiger partial charge in [0.05, 0.1) is 12.1 Å². The van der Waals surface area contributed by atoms with Crippen LogP contribution in [0.4, 0.5) is 10.5 Å². The molecule has 0 saturated carbocycles. The third-order valence-electron chi connectivity index (χ3n) is 7.55. The molecule has 9 nitrogen and oxygen atoms in total. The summed E-state index contributed by atoms with van der Waals surface area (Å²) >= 11 is 0. The summed E-state index contributed by atoms with van der Waals surface area (Å²) in [6, 6.07) is 5.87. The molecule has 0 aliphatic heterocycles. The number of nitrogens with zero attached hydrogens (tertiary/aromatic N) is 2. The van der Waals surface area contributed by atoms with Gasteiger partial charge in [-0.15, -0.1) is 0 Å². The molecule has 0 unspecified atom stereocenters. The zero-order valence-corrected chi connectivity index (χ0v) is 25.9. The largest absolute Gasteiger partial charge is 0.445 e. The van der Waals surface area contributed by atoms with Gasteiger partial charge in [-0.2, -0.15) is 0 Å². The second-order valence-electron chi connectivity index (χ2n) is 11.0. The maximum atomic E-state index is 13.8. The highest BCUT2D eigenvalue weighted by atomic mass is 16.6. The number of anilines is 1. The van der Waals surface area contributed by atoms with Crippen LogP contribution in [0.25, 0.3) is 0 Å². The monoisotopic (exact) mass is 548 g/mol. The zero-order chi connectivity index (χ0) is 29.9. The Kier molecular flexibility index (Phi) is 14.3. The maximum absolute atomic E-state index is 13.8. The van der Waals surface area contributed by atoms with Gasteiger partial charge in [0, 0.05) is 33.9 Å². The normalized spacial score (nSPS) is 15.2. The summed E-state index contributed by atoms with van der Waals surface area (Å²) in [4.78, 5) is 43.3. The standard InChI is InChI=1S/C30H52N4O5/c1-12-21(7)27(24(13-2)38-11)33(9)29(36)25(19(3)4)32-28(35)26(20(5)6)34(10)30(37)39-18-22-14-16-23(31-8)17-15-22/h14-17,19-21,24-27,31H,12-13,18H2,1-11H3,(H,32,35)/t21-,24+,25-,26-,27-/m0/s1. The molecule has 0 aliphatic carbocycles. The van der Waals surface area contributed by atoms with Gasteiger partial charge in [-0.3, -0.25) is 14.5 Å². The van der Waals surface area contributed by atoms with Crippen molar-refractivity contribution in [3.8, 4) is 0 Å². The van der Waals surface area contributed by atoms with Crippen molar-refractivity contribution in [3.05, 3.63) is 29.8 Å². The van der Waals surface area contributed by atoms with E-state index in [0.29, 0.717) is 0 Å². The maximum Gasteiger partial charge on any atom is 0.410 e. The van der Waals surface area contributed by atoms with Crippen LogP contribution in [0, 0.1) is 17.8 Å². The lowest BCUT2D eigenvalue weighted by molar-refractivity contribution is -0.143. The van der Waals surface area contributed by atoms with E-state index < -0.39 is 18.2 Å². The van der Waals surface area contributed by atoms with Crippen LogP contribution >= 0.6 is 0 Å². The number of carbonyl (C=O) groups is 3. The van der Waals surface area contributed by atoms with Crippen LogP contribution < -0.4 is 10.6 Å². The fourth-order valence-electron chi connectivity index (χ4n) is 4.96. The minimum absolute atomic E-state index is 0.0899. The molecular formula is C30H52N4O5. The number of hydrogen-bond acceptors (Lipinski definition) is 6. The first-order valence-corrected chi connectivity index (χ1v) is 14.1. The number of nitrogens with one attached hydrogen (secondary N) is 2. The van der Waals surface area contributed by atoms with Crippen molar-refractivity contribution >= 4 is 23.6 Å². The number of amides is 3. The van der Waals surface area contributed by atoms with Gasteiger partial charge in [0.15, 0.2) is 0 Å². The average molecular weight is 549 g/mol. The van der Waals surface area contributed by atoms with E-state index in [9.17, 15) is 14.4 Å². The number of likely N-dealkylation sites (N-methyl/N-ethyl adjacent to an activating group) is 2. The Morgan fingerprint density at radius 3 is 1.92 bits per heavy atom. The summed E-state index contributed by atoms with van der Waals surface area (Å²) in [7, 11) is 6.85. The fourth-order valence-corrected chi connectivity index (χ4v) is 4.96. The summed E-state index contributed by atoms with van der Waals surface area (Å²) in [6.45, 7) is 13.9. The SMILES string of the molecule is CC[C@H](C)[C@@H]([C@@H](CC)OC)N(C)C(=O)[C@@H](NC(=O)[C@H](C(C)C)N(C)C(=O)OCc1ccc(NC)cc1)C(C)C. The molecule has 1 rings (SSSR count). The van der Waals surface area contributed by atoms with E-state index in [-0.39, 0.29) is 48.3 Å². The summed E-state index contributed by atoms with van der Waals surface area (Å²) in [5.41, 5.74) is 1.80. The lowest BCUT2D eigenvalue weighted by atomic mass is 9.90. The van der Waals surface area contributed by atoms with Gasteiger partial charge >= 0.3 is 6.09 Å². The van der Waals surface area contributed by atoms with E-state index in [4.69, 9.17) is 9.47 Å². The predicted molar refractivity (Wildman–Crippen MR) is 156 cm³/mol. The molecule has 2 N–H and O–H groups in total. The Morgan fingerprint density at radius 2 is 1.49 bits per heavy atom. The number of methoxy groups -OCH3 is 1. The van der Waals surface area contributed by atoms with Gasteiger partial charge in [0.1, 0.15) is 18.7 Å². The Labute approximate surface area is 236 Å². The number of benzene rings is 1. The molecule has 1 aromatic carbocycles. The average Bonchev–Trinajstić information content (AvgIpc) is 2.91. The molecule has 3 amide bonds. The highest BCUT2D eigenvalue weighted by molar-refractivity contribution is 5.91. The van der Waals surface area contributed by atoms with Crippen LogP contribution in [-0.2, 0) is 25.7 Å². The lowest BCUT2D eigenvalue weighted by Gasteiger charge is -2.40. The predicted octanol–water partition coefficient (Wildman–Crippen LogP) is 4.76. The molecule has 0 fully saturated rings. The minimum Gasteiger partial charge on any atom is -0.445 e. The molecule has 5 atom stereocenters. The molecule has 0 aliphatic rings. The lowest BCUT2D eigenvalue weighted by Crippen LogP contribution is -2.60. The number of hydrogen-bond donors (Lipinski definition) is 2. The summed E-state index contributed by atoms with van der Waals surface area (Å²) < 4.78 is 11.2. The van der Waals surface area contributed by atoms with Gasteiger partial charge in [-0.25, -0.2) is 4.79 Å². The Hall–Kier alpha value is -2.81. The topological polar surface area (TPSA) is 100 Å². The van der Waals surface area contributed by atoms with Gasteiger partial charge < -0.3 is 25.0 Å². The number of carbonyl (C=O) groups excluding carboxylic acids is 3. The van der Waals surface area contributed by atoms with Gasteiger partial charge in [-0.1, -0.05) is 67.0 Å². The Morgan fingerprint density at radius 1 is 0.897 bits per heavy atom. The molecule has 222 valence electrons. The van der Waals surface area contributed by atoms with Crippen molar-refractivity contribution < 1.29 is 23.9 Å². The van der Waals surface area contributed by atoms with E-state index in [2.05, 4.69) is 24.5 Å². The number of ether oxygens (including phenoxy) is 2. The van der Waals surface area contributed by atoms with Gasteiger partial charge in [0.2, 0.25) is 11.8 Å². The summed E-state index contributed by atoms with van der Waals surface area (Å²) in [5.74, 6) is -0.705. The minimum atomic E-state index is -0.809. The van der Waals surface area contributed by atoms with E-state index in [0.717, 1.165) is 24.1 Å². The van der Waals surface area contributed by atoms with Crippen LogP contribution in [0.1, 0.15) is 66.9 Å². The van der Waals surface area contributed by atoms with Crippen molar-refractivity contribution in [2.75, 3.05) is 33.6 Å². The number of rotatable bonds is 15. The van der Waals surface area contributed by atoms with Crippen LogP contribution in [0.15, 0.2) is 24.3 Å². The van der Waals surface area contributed by atoms with Crippen molar-refractivity contribution in [2.45, 2.75) is 92.1 Å². The van der Waals surface area contributed by atoms with Gasteiger partial charge in [0.25, 0.3) is 0 Å². The van der Waals surface area contributed by atoms with E-state index in [1.165, 1.54) is 4.90 Å². The molecule has 1 aromatic rings. The van der Waals surface area contributed by atoms with Crippen LogP contribution in [-0.4, -0.2) is 80.2 Å². The van der Waals surface area contributed by atoms with Crippen LogP contribution in [0.3, 0.4) is 0 Å². The highest BCUT2D eigenvalue weighted by Gasteiger charge is 2.38. The third kappa shape index (κ3) is 9.41. The zero-order valence-electron chi connectivity index (χ0n) is 25.9. The highest BCUT2D eigenvalue weighted by Crippen LogP contribution is 2.23. The smallest absolute Gasteiger partial charge is 0.410 e. The van der Waals surface area contributed by atoms with Crippen LogP contribution in [0.5, 0.6) is 0 Å². The summed E-state index contributed by atoms with van der Waals surface area (Å²) in [6.07, 6.45) is 0.942. The van der Waals surface area contributed by atoms with Crippen molar-refractivity contribution in [1.29, 1.82) is 0 Å². The van der Waals surface area contributed by atoms with E-state index >= 15 is 0 Å². The Bertz CT molecular complexity index is 901. The second-order valence-corrected chi connectivity index (χ2v) is 11.0. The molecule has 39 heavy (non-hydrogen) atoms. The van der Waals surface area contributed by atoms with E-state index in [1.54, 1.807) is 26.1 Å². The molecule has 9 heteroatoms. The first kappa shape index (κ1) is 34.2. The van der Waals surface area contributed by atoms with Gasteiger partial charge in [-0.05, 0) is 41.9 Å². The quantitative estimate of drug-likeness (QED) is 0.328. The van der Waals surface area contributed by atoms with E-state index in [1.807, 2.05) is 65.9 Å². The molecule has 0 heterocycles. The second kappa shape index (κ2) is 16.3. The summed E-state index contributed by atoms with van der Waals surface area (Å²) in [5, 5.41) is 6.01. The van der Waals surface area contributed by atoms with Crippen molar-refractivity contribution in [2.24, 2.45) is 17.8 Å². The Balaban J connectivity index is 3.05. The molecule has 0 spiro atoms. The molecule has 0 saturated heterocycles. The molecular weight excluding hydrogens is 496 g/mol. The molecule has 0 radical (unpaired) electrons. The van der Waals surface area contributed by atoms with Crippen molar-refractivity contribution in [1.82, 2.24) is 15.1 Å². The van der Waals surface area contributed by atoms with Crippen LogP contribution in [0.2, 0.25) is 0 Å². The molecule has 0 bridgehead atoms. The first-order valence-electron chi connectivity index (χ1n) is 14.1. The fraction of sp³-hybridized carbons (Fsp3) is 0.700. The first-order chi connectivity index (χ1) is 18.3.